The van der Waals surface area contributed by atoms with E-state index >= 15 is 0 Å². The molecule has 0 unspecified atom stereocenters. The van der Waals surface area contributed by atoms with Crippen molar-refractivity contribution in [1.82, 2.24) is 5.32 Å². The van der Waals surface area contributed by atoms with Crippen LogP contribution >= 0.6 is 0 Å². The molecule has 1 aliphatic rings. The number of carbonyl (C=O) groups is 1. The lowest BCUT2D eigenvalue weighted by molar-refractivity contribution is 0.0954. The van der Waals surface area contributed by atoms with E-state index in [2.05, 4.69) is 41.8 Å². The molecule has 0 aliphatic carbocycles. The summed E-state index contributed by atoms with van der Waals surface area (Å²) in [5.74, 6) is 0.0114. The molecule has 3 heteroatoms. The molecule has 1 aliphatic heterocycles. The van der Waals surface area contributed by atoms with Crippen molar-refractivity contribution in [1.29, 1.82) is 0 Å². The molecule has 0 saturated carbocycles. The number of aryl methyl sites for hydroxylation is 1. The third kappa shape index (κ3) is 3.24. The first kappa shape index (κ1) is 13.7. The van der Waals surface area contributed by atoms with E-state index in [9.17, 15) is 4.79 Å². The molecule has 0 saturated heterocycles. The number of nitrogens with one attached hydrogen (secondary N) is 2. The summed E-state index contributed by atoms with van der Waals surface area (Å²) in [6, 6.07) is 14.3. The Hall–Kier alpha value is -2.29. The van der Waals surface area contributed by atoms with Gasteiger partial charge in [0.2, 0.25) is 0 Å². The number of amides is 1. The van der Waals surface area contributed by atoms with E-state index < -0.39 is 0 Å². The maximum atomic E-state index is 12.2. The highest BCUT2D eigenvalue weighted by Crippen LogP contribution is 2.22. The summed E-state index contributed by atoms with van der Waals surface area (Å²) in [6.45, 7) is 3.71. The van der Waals surface area contributed by atoms with Gasteiger partial charge in [0, 0.05) is 24.3 Å². The Bertz CT molecular complexity index is 664. The van der Waals surface area contributed by atoms with Gasteiger partial charge in [-0.15, -0.1) is 0 Å². The lowest BCUT2D eigenvalue weighted by Crippen LogP contribution is -2.25. The molecule has 0 fully saturated rings. The van der Waals surface area contributed by atoms with Crippen LogP contribution in [0.15, 0.2) is 42.5 Å². The minimum absolute atomic E-state index is 0.0114. The van der Waals surface area contributed by atoms with Crippen molar-refractivity contribution in [3.8, 4) is 0 Å². The van der Waals surface area contributed by atoms with E-state index in [-0.39, 0.29) is 5.91 Å². The fourth-order valence-electron chi connectivity index (χ4n) is 2.74. The topological polar surface area (TPSA) is 41.1 Å². The van der Waals surface area contributed by atoms with E-state index in [4.69, 9.17) is 0 Å². The summed E-state index contributed by atoms with van der Waals surface area (Å²) in [4.78, 5) is 12.2. The first-order chi connectivity index (χ1) is 10.2. The average Bonchev–Trinajstić information content (AvgIpc) is 2.94. The van der Waals surface area contributed by atoms with Crippen molar-refractivity contribution < 1.29 is 4.79 Å². The number of carbonyl (C=O) groups excluding carboxylic acids is 1. The van der Waals surface area contributed by atoms with Gasteiger partial charge in [-0.05, 0) is 49.1 Å². The number of benzene rings is 2. The van der Waals surface area contributed by atoms with Gasteiger partial charge in [0.15, 0.2) is 0 Å². The Morgan fingerprint density at radius 3 is 3.00 bits per heavy atom. The molecule has 0 bridgehead atoms. The first-order valence-corrected chi connectivity index (χ1v) is 7.43. The molecular weight excluding hydrogens is 260 g/mol. The molecule has 3 rings (SSSR count). The normalized spacial score (nSPS) is 12.6. The van der Waals surface area contributed by atoms with Crippen LogP contribution in [0.25, 0.3) is 0 Å². The molecule has 3 nitrogen and oxygen atoms in total. The average molecular weight is 280 g/mol. The summed E-state index contributed by atoms with van der Waals surface area (Å²) >= 11 is 0. The van der Waals surface area contributed by atoms with Gasteiger partial charge in [-0.25, -0.2) is 0 Å². The molecular formula is C18H20N2O. The van der Waals surface area contributed by atoms with E-state index in [1.165, 1.54) is 16.7 Å². The van der Waals surface area contributed by atoms with E-state index in [1.54, 1.807) is 0 Å². The Kier molecular flexibility index (Phi) is 3.91. The van der Waals surface area contributed by atoms with Crippen molar-refractivity contribution in [3.05, 3.63) is 64.7 Å². The zero-order valence-electron chi connectivity index (χ0n) is 12.3. The quantitative estimate of drug-likeness (QED) is 0.904. The van der Waals surface area contributed by atoms with Crippen LogP contribution in [0.4, 0.5) is 5.69 Å². The fourth-order valence-corrected chi connectivity index (χ4v) is 2.74. The minimum atomic E-state index is 0.0114. The smallest absolute Gasteiger partial charge is 0.251 e. The molecule has 2 aromatic rings. The maximum absolute atomic E-state index is 12.2. The third-order valence-electron chi connectivity index (χ3n) is 3.86. The summed E-state index contributed by atoms with van der Waals surface area (Å²) < 4.78 is 0. The van der Waals surface area contributed by atoms with Crippen LogP contribution in [0.5, 0.6) is 0 Å². The molecule has 108 valence electrons. The Morgan fingerprint density at radius 1 is 1.24 bits per heavy atom. The minimum Gasteiger partial charge on any atom is -0.384 e. The van der Waals surface area contributed by atoms with Gasteiger partial charge in [0.05, 0.1) is 0 Å². The van der Waals surface area contributed by atoms with Gasteiger partial charge < -0.3 is 10.6 Å². The summed E-state index contributed by atoms with van der Waals surface area (Å²) in [6.07, 6.45) is 1.86. The predicted molar refractivity (Wildman–Crippen MR) is 85.9 cm³/mol. The SMILES string of the molecule is Cc1cccc(CCNC(=O)c2ccc3c(c2)CCN3)c1. The summed E-state index contributed by atoms with van der Waals surface area (Å²) in [5.41, 5.74) is 5.66. The molecule has 2 N–H and O–H groups in total. The van der Waals surface area contributed by atoms with E-state index in [0.717, 1.165) is 30.6 Å². The van der Waals surface area contributed by atoms with Crippen molar-refractivity contribution in [2.24, 2.45) is 0 Å². The number of rotatable bonds is 4. The van der Waals surface area contributed by atoms with Crippen LogP contribution in [0, 0.1) is 6.92 Å². The molecule has 0 atom stereocenters. The van der Waals surface area contributed by atoms with Gasteiger partial charge in [-0.3, -0.25) is 4.79 Å². The van der Waals surface area contributed by atoms with Crippen LogP contribution in [-0.2, 0) is 12.8 Å². The summed E-state index contributed by atoms with van der Waals surface area (Å²) in [5, 5.41) is 6.30. The molecule has 21 heavy (non-hydrogen) atoms. The molecule has 2 aromatic carbocycles. The zero-order chi connectivity index (χ0) is 14.7. The highest BCUT2D eigenvalue weighted by atomic mass is 16.1. The molecule has 0 aromatic heterocycles. The van der Waals surface area contributed by atoms with Gasteiger partial charge in [0.1, 0.15) is 0 Å². The second-order valence-electron chi connectivity index (χ2n) is 5.54. The predicted octanol–water partition coefficient (Wildman–Crippen LogP) is 2.94. The molecule has 0 spiro atoms. The van der Waals surface area contributed by atoms with Crippen LogP contribution in [-0.4, -0.2) is 19.0 Å². The van der Waals surface area contributed by atoms with Crippen LogP contribution < -0.4 is 10.6 Å². The Labute approximate surface area is 125 Å². The molecule has 0 radical (unpaired) electrons. The number of hydrogen-bond donors (Lipinski definition) is 2. The third-order valence-corrected chi connectivity index (χ3v) is 3.86. The molecule has 1 heterocycles. The van der Waals surface area contributed by atoms with Crippen LogP contribution in [0.1, 0.15) is 27.0 Å². The van der Waals surface area contributed by atoms with Crippen LogP contribution in [0.2, 0.25) is 0 Å². The first-order valence-electron chi connectivity index (χ1n) is 7.43. The Balaban J connectivity index is 1.57. The van der Waals surface area contributed by atoms with E-state index in [1.807, 2.05) is 18.2 Å². The van der Waals surface area contributed by atoms with Crippen molar-refractivity contribution in [2.75, 3.05) is 18.4 Å². The van der Waals surface area contributed by atoms with Crippen molar-refractivity contribution in [3.63, 3.8) is 0 Å². The van der Waals surface area contributed by atoms with Crippen LogP contribution in [0.3, 0.4) is 0 Å². The highest BCUT2D eigenvalue weighted by Gasteiger charge is 2.13. The largest absolute Gasteiger partial charge is 0.384 e. The van der Waals surface area contributed by atoms with Gasteiger partial charge in [-0.2, -0.15) is 0 Å². The van der Waals surface area contributed by atoms with Gasteiger partial charge in [-0.1, -0.05) is 29.8 Å². The fraction of sp³-hybridized carbons (Fsp3) is 0.278. The Morgan fingerprint density at radius 2 is 2.14 bits per heavy atom. The van der Waals surface area contributed by atoms with Gasteiger partial charge in [0.25, 0.3) is 5.91 Å². The van der Waals surface area contributed by atoms with E-state index in [0.29, 0.717) is 6.54 Å². The standard InChI is InChI=1S/C18H20N2O/c1-13-3-2-4-14(11-13)7-9-20-18(21)16-5-6-17-15(12-16)8-10-19-17/h2-6,11-12,19H,7-10H2,1H3,(H,20,21). The maximum Gasteiger partial charge on any atom is 0.251 e. The highest BCUT2D eigenvalue weighted by molar-refractivity contribution is 5.95. The number of anilines is 1. The van der Waals surface area contributed by atoms with Gasteiger partial charge >= 0.3 is 0 Å². The monoisotopic (exact) mass is 280 g/mol. The lowest BCUT2D eigenvalue weighted by Gasteiger charge is -2.07. The number of hydrogen-bond acceptors (Lipinski definition) is 2. The zero-order valence-corrected chi connectivity index (χ0v) is 12.3. The lowest BCUT2D eigenvalue weighted by atomic mass is 10.1. The van der Waals surface area contributed by atoms with Crippen molar-refractivity contribution in [2.45, 2.75) is 19.8 Å². The summed E-state index contributed by atoms with van der Waals surface area (Å²) in [7, 11) is 0. The second-order valence-corrected chi connectivity index (χ2v) is 5.54. The van der Waals surface area contributed by atoms with Crippen molar-refractivity contribution >= 4 is 11.6 Å². The second kappa shape index (κ2) is 6.00. The molecule has 1 amide bonds. The number of fused-ring (bicyclic) bond motifs is 1.